The maximum Gasteiger partial charge on any atom is 0.165 e. The minimum atomic E-state index is 0.144. The van der Waals surface area contributed by atoms with E-state index in [2.05, 4.69) is 21.0 Å². The molecule has 0 radical (unpaired) electrons. The van der Waals surface area contributed by atoms with Gasteiger partial charge in [0, 0.05) is 17.1 Å². The predicted octanol–water partition coefficient (Wildman–Crippen LogP) is 3.35. The second kappa shape index (κ2) is 6.21. The maximum atomic E-state index is 5.81. The number of halogens is 1. The molecule has 2 rings (SSSR count). The first-order valence-electron chi connectivity index (χ1n) is 6.32. The van der Waals surface area contributed by atoms with Crippen molar-refractivity contribution >= 4 is 15.9 Å². The Balaban J connectivity index is 2.11. The largest absolute Gasteiger partial charge is 0.454 e. The van der Waals surface area contributed by atoms with Gasteiger partial charge < -0.3 is 10.5 Å². The first-order chi connectivity index (χ1) is 9.08. The van der Waals surface area contributed by atoms with E-state index in [0.29, 0.717) is 0 Å². The Bertz CT molecular complexity index is 551. The van der Waals surface area contributed by atoms with Crippen LogP contribution in [0.4, 0.5) is 0 Å². The van der Waals surface area contributed by atoms with Crippen molar-refractivity contribution in [2.24, 2.45) is 5.73 Å². The molecule has 0 amide bonds. The van der Waals surface area contributed by atoms with Crippen LogP contribution in [0, 0.1) is 0 Å². The van der Waals surface area contributed by atoms with Gasteiger partial charge in [0.2, 0.25) is 0 Å². The normalized spacial score (nSPS) is 12.4. The van der Waals surface area contributed by atoms with Gasteiger partial charge in [-0.3, -0.25) is 4.68 Å². The summed E-state index contributed by atoms with van der Waals surface area (Å²) in [5.41, 5.74) is 7.00. The molecular weight excluding hydrogens is 306 g/mol. The highest BCUT2D eigenvalue weighted by atomic mass is 79.9. The van der Waals surface area contributed by atoms with Crippen molar-refractivity contribution in [2.75, 3.05) is 0 Å². The van der Waals surface area contributed by atoms with Gasteiger partial charge in [0.1, 0.15) is 5.75 Å². The second-order valence-corrected chi connectivity index (χ2v) is 5.42. The number of aromatic nitrogens is 2. The van der Waals surface area contributed by atoms with Crippen LogP contribution >= 0.6 is 15.9 Å². The van der Waals surface area contributed by atoms with E-state index in [1.807, 2.05) is 42.9 Å². The average Bonchev–Trinajstić information content (AvgIpc) is 2.80. The molecule has 2 N–H and O–H groups in total. The fraction of sp³-hybridized carbons (Fsp3) is 0.357. The Hall–Kier alpha value is -1.33. The number of benzene rings is 1. The summed E-state index contributed by atoms with van der Waals surface area (Å²) in [7, 11) is 0. The van der Waals surface area contributed by atoms with Crippen LogP contribution in [0.2, 0.25) is 0 Å². The van der Waals surface area contributed by atoms with Gasteiger partial charge in [-0.05, 0) is 38.0 Å². The monoisotopic (exact) mass is 323 g/mol. The molecule has 0 spiro atoms. The molecular formula is C14H18BrN3O. The van der Waals surface area contributed by atoms with E-state index in [-0.39, 0.29) is 6.04 Å². The lowest BCUT2D eigenvalue weighted by atomic mass is 10.1. The topological polar surface area (TPSA) is 53.1 Å². The van der Waals surface area contributed by atoms with E-state index >= 15 is 0 Å². The molecule has 1 atom stereocenters. The molecule has 1 aromatic carbocycles. The van der Waals surface area contributed by atoms with E-state index in [1.54, 1.807) is 6.20 Å². The van der Waals surface area contributed by atoms with Gasteiger partial charge in [-0.15, -0.1) is 0 Å². The Labute approximate surface area is 121 Å². The summed E-state index contributed by atoms with van der Waals surface area (Å²) in [5, 5.41) is 4.17. The van der Waals surface area contributed by atoms with Crippen molar-refractivity contribution in [1.82, 2.24) is 9.78 Å². The Kier molecular flexibility index (Phi) is 4.61. The summed E-state index contributed by atoms with van der Waals surface area (Å²) < 4.78 is 8.60. The van der Waals surface area contributed by atoms with Crippen LogP contribution in [0.3, 0.4) is 0 Å². The van der Waals surface area contributed by atoms with E-state index in [9.17, 15) is 0 Å². The van der Waals surface area contributed by atoms with Gasteiger partial charge in [-0.2, -0.15) is 5.10 Å². The molecule has 1 heterocycles. The van der Waals surface area contributed by atoms with Crippen LogP contribution in [-0.2, 0) is 13.0 Å². The van der Waals surface area contributed by atoms with E-state index < -0.39 is 0 Å². The zero-order valence-corrected chi connectivity index (χ0v) is 12.7. The quantitative estimate of drug-likeness (QED) is 0.918. The lowest BCUT2D eigenvalue weighted by Gasteiger charge is -2.09. The number of aryl methyl sites for hydroxylation is 1. The van der Waals surface area contributed by atoms with Crippen LogP contribution < -0.4 is 10.5 Å². The highest BCUT2D eigenvalue weighted by Crippen LogP contribution is 2.27. The van der Waals surface area contributed by atoms with Gasteiger partial charge in [-0.1, -0.05) is 22.0 Å². The Morgan fingerprint density at radius 2 is 2.21 bits per heavy atom. The summed E-state index contributed by atoms with van der Waals surface area (Å²) in [6.07, 6.45) is 4.44. The summed E-state index contributed by atoms with van der Waals surface area (Å²) >= 11 is 3.55. The number of ether oxygens (including phenoxy) is 1. The molecule has 0 saturated heterocycles. The molecule has 0 aliphatic carbocycles. The number of nitrogens with zero attached hydrogens (tertiary/aromatic N) is 2. The van der Waals surface area contributed by atoms with Crippen molar-refractivity contribution in [3.63, 3.8) is 0 Å². The van der Waals surface area contributed by atoms with Crippen LogP contribution in [0.25, 0.3) is 0 Å². The molecule has 0 aliphatic rings. The standard InChI is InChI=1S/C14H18BrN3O/c1-3-18-9-13(8-17-18)19-12-5-4-11(6-10(2)16)14(15)7-12/h4-5,7-10H,3,6,16H2,1-2H3. The van der Waals surface area contributed by atoms with E-state index in [4.69, 9.17) is 10.5 Å². The van der Waals surface area contributed by atoms with Crippen molar-refractivity contribution in [1.29, 1.82) is 0 Å². The van der Waals surface area contributed by atoms with Crippen molar-refractivity contribution in [2.45, 2.75) is 32.9 Å². The first-order valence-corrected chi connectivity index (χ1v) is 7.12. The summed E-state index contributed by atoms with van der Waals surface area (Å²) in [4.78, 5) is 0. The minimum Gasteiger partial charge on any atom is -0.454 e. The molecule has 0 saturated carbocycles. The lowest BCUT2D eigenvalue weighted by Crippen LogP contribution is -2.17. The van der Waals surface area contributed by atoms with Crippen molar-refractivity contribution < 1.29 is 4.74 Å². The Morgan fingerprint density at radius 1 is 1.42 bits per heavy atom. The smallest absolute Gasteiger partial charge is 0.165 e. The molecule has 2 aromatic rings. The highest BCUT2D eigenvalue weighted by molar-refractivity contribution is 9.10. The molecule has 19 heavy (non-hydrogen) atoms. The molecule has 102 valence electrons. The minimum absolute atomic E-state index is 0.144. The number of rotatable bonds is 5. The molecule has 0 bridgehead atoms. The maximum absolute atomic E-state index is 5.81. The zero-order valence-electron chi connectivity index (χ0n) is 11.1. The summed E-state index contributed by atoms with van der Waals surface area (Å²) in [6.45, 7) is 4.87. The van der Waals surface area contributed by atoms with Crippen LogP contribution in [0.5, 0.6) is 11.5 Å². The third-order valence-corrected chi connectivity index (χ3v) is 3.47. The van der Waals surface area contributed by atoms with Crippen molar-refractivity contribution in [3.8, 4) is 11.5 Å². The fourth-order valence-corrected chi connectivity index (χ4v) is 2.33. The summed E-state index contributed by atoms with van der Waals surface area (Å²) in [6, 6.07) is 6.09. The average molecular weight is 324 g/mol. The first kappa shape index (κ1) is 14.1. The number of nitrogens with two attached hydrogens (primary N) is 1. The van der Waals surface area contributed by atoms with Crippen LogP contribution in [0.1, 0.15) is 19.4 Å². The molecule has 1 unspecified atom stereocenters. The van der Waals surface area contributed by atoms with Crippen LogP contribution in [-0.4, -0.2) is 15.8 Å². The molecule has 4 nitrogen and oxygen atoms in total. The van der Waals surface area contributed by atoms with E-state index in [1.165, 1.54) is 5.56 Å². The van der Waals surface area contributed by atoms with Gasteiger partial charge >= 0.3 is 0 Å². The predicted molar refractivity (Wildman–Crippen MR) is 79.5 cm³/mol. The van der Waals surface area contributed by atoms with Crippen LogP contribution in [0.15, 0.2) is 35.1 Å². The van der Waals surface area contributed by atoms with Crippen molar-refractivity contribution in [3.05, 3.63) is 40.6 Å². The Morgan fingerprint density at radius 3 is 2.79 bits per heavy atom. The fourth-order valence-electron chi connectivity index (χ4n) is 1.81. The number of hydrogen-bond acceptors (Lipinski definition) is 3. The summed E-state index contributed by atoms with van der Waals surface area (Å²) in [5.74, 6) is 1.53. The zero-order chi connectivity index (χ0) is 13.8. The van der Waals surface area contributed by atoms with Gasteiger partial charge in [0.05, 0.1) is 12.4 Å². The SMILES string of the molecule is CCn1cc(Oc2ccc(CC(C)N)c(Br)c2)cn1. The molecule has 1 aromatic heterocycles. The third kappa shape index (κ3) is 3.81. The lowest BCUT2D eigenvalue weighted by molar-refractivity contribution is 0.480. The third-order valence-electron chi connectivity index (χ3n) is 2.74. The van der Waals surface area contributed by atoms with Gasteiger partial charge in [0.15, 0.2) is 5.75 Å². The second-order valence-electron chi connectivity index (χ2n) is 4.57. The molecule has 0 fully saturated rings. The molecule has 5 heteroatoms. The van der Waals surface area contributed by atoms with Gasteiger partial charge in [0.25, 0.3) is 0 Å². The van der Waals surface area contributed by atoms with E-state index in [0.717, 1.165) is 28.9 Å². The van der Waals surface area contributed by atoms with Gasteiger partial charge in [-0.25, -0.2) is 0 Å². The molecule has 0 aliphatic heterocycles. The number of hydrogen-bond donors (Lipinski definition) is 1. The highest BCUT2D eigenvalue weighted by Gasteiger charge is 2.06.